The molecule has 0 aromatic heterocycles. The Kier molecular flexibility index (Phi) is 35.7. The molecule has 0 spiro atoms. The maximum Gasteiger partial charge on any atom is 0.315 e. The van der Waals surface area contributed by atoms with Crippen molar-refractivity contribution >= 4 is 30.9 Å². The van der Waals surface area contributed by atoms with Crippen molar-refractivity contribution in [1.29, 1.82) is 0 Å². The summed E-state index contributed by atoms with van der Waals surface area (Å²) in [5.41, 5.74) is 0. The van der Waals surface area contributed by atoms with Gasteiger partial charge in [-0.3, -0.25) is 9.59 Å². The zero-order valence-electron chi connectivity index (χ0n) is 10.2. The summed E-state index contributed by atoms with van der Waals surface area (Å²) in [7, 11) is 2.71. The van der Waals surface area contributed by atoms with Crippen molar-refractivity contribution in [2.45, 2.75) is 34.1 Å². The lowest BCUT2D eigenvalue weighted by Crippen LogP contribution is -1.99. The van der Waals surface area contributed by atoms with Crippen molar-refractivity contribution in [1.82, 2.24) is 0 Å². The Labute approximate surface area is 109 Å². The zero-order valence-corrected chi connectivity index (χ0v) is 11.1. The molecule has 0 aromatic carbocycles. The molecule has 0 unspecified atom stereocenters. The van der Waals surface area contributed by atoms with Crippen LogP contribution in [-0.4, -0.2) is 38.2 Å². The highest BCUT2D eigenvalue weighted by Crippen LogP contribution is 1.76. The SMILES string of the molecule is C.CCC(=O)OC.CCC=O.COC(=O)CS. The highest BCUT2D eigenvalue weighted by Gasteiger charge is 1.88. The van der Waals surface area contributed by atoms with E-state index in [-0.39, 0.29) is 25.1 Å². The van der Waals surface area contributed by atoms with Crippen LogP contribution in [-0.2, 0) is 23.9 Å². The Hall–Kier alpha value is -1.04. The van der Waals surface area contributed by atoms with Crippen LogP contribution >= 0.6 is 12.6 Å². The summed E-state index contributed by atoms with van der Waals surface area (Å²) in [6, 6.07) is 0. The van der Waals surface area contributed by atoms with Crippen molar-refractivity contribution in [2.75, 3.05) is 20.0 Å². The van der Waals surface area contributed by atoms with Gasteiger partial charge in [-0.2, -0.15) is 12.6 Å². The van der Waals surface area contributed by atoms with Gasteiger partial charge in [-0.15, -0.1) is 0 Å². The van der Waals surface area contributed by atoms with Crippen molar-refractivity contribution in [3.05, 3.63) is 0 Å². The second-order valence-corrected chi connectivity index (χ2v) is 2.56. The van der Waals surface area contributed by atoms with Crippen LogP contribution in [0.1, 0.15) is 34.1 Å². The maximum atomic E-state index is 9.96. The number of hydrogen-bond acceptors (Lipinski definition) is 6. The Bertz CT molecular complexity index is 155. The fourth-order valence-corrected chi connectivity index (χ4v) is 0.338. The summed E-state index contributed by atoms with van der Waals surface area (Å²) in [4.78, 5) is 29.0. The van der Waals surface area contributed by atoms with E-state index in [9.17, 15) is 14.4 Å². The number of esters is 2. The van der Waals surface area contributed by atoms with E-state index < -0.39 is 0 Å². The highest BCUT2D eigenvalue weighted by molar-refractivity contribution is 7.81. The van der Waals surface area contributed by atoms with Gasteiger partial charge in [0, 0.05) is 12.8 Å². The van der Waals surface area contributed by atoms with Crippen LogP contribution in [0.15, 0.2) is 0 Å². The van der Waals surface area contributed by atoms with Gasteiger partial charge in [-0.05, 0) is 0 Å². The van der Waals surface area contributed by atoms with Gasteiger partial charge in [0.05, 0.1) is 20.0 Å². The zero-order chi connectivity index (χ0) is 13.4. The fraction of sp³-hybridized carbons (Fsp3) is 0.727. The van der Waals surface area contributed by atoms with Crippen LogP contribution in [0, 0.1) is 0 Å². The molecule has 0 aliphatic heterocycles. The van der Waals surface area contributed by atoms with E-state index in [1.807, 2.05) is 6.92 Å². The molecule has 0 amide bonds. The molecule has 0 aromatic rings. The molecule has 0 fully saturated rings. The minimum atomic E-state index is -0.293. The van der Waals surface area contributed by atoms with Crippen LogP contribution in [0.25, 0.3) is 0 Å². The molecule has 5 nitrogen and oxygen atoms in total. The van der Waals surface area contributed by atoms with Gasteiger partial charge in [-0.1, -0.05) is 21.3 Å². The van der Waals surface area contributed by atoms with E-state index in [0.717, 1.165) is 6.29 Å². The summed E-state index contributed by atoms with van der Waals surface area (Å²) < 4.78 is 8.44. The predicted molar refractivity (Wildman–Crippen MR) is 71.3 cm³/mol. The van der Waals surface area contributed by atoms with E-state index in [1.165, 1.54) is 14.2 Å². The Morgan fingerprint density at radius 1 is 1.12 bits per heavy atom. The van der Waals surface area contributed by atoms with Gasteiger partial charge in [-0.25, -0.2) is 0 Å². The van der Waals surface area contributed by atoms with Crippen LogP contribution in [0.4, 0.5) is 0 Å². The summed E-state index contributed by atoms with van der Waals surface area (Å²) in [6.07, 6.45) is 1.98. The van der Waals surface area contributed by atoms with Gasteiger partial charge in [0.15, 0.2) is 0 Å². The molecule has 0 atom stereocenters. The molecule has 0 radical (unpaired) electrons. The maximum absolute atomic E-state index is 9.96. The molecule has 104 valence electrons. The normalized spacial score (nSPS) is 6.88. The lowest BCUT2D eigenvalue weighted by atomic mass is 10.5. The summed E-state index contributed by atoms with van der Waals surface area (Å²) >= 11 is 3.62. The molecule has 0 heterocycles. The van der Waals surface area contributed by atoms with Gasteiger partial charge in [0.2, 0.25) is 0 Å². The Morgan fingerprint density at radius 3 is 1.47 bits per heavy atom. The lowest BCUT2D eigenvalue weighted by Gasteiger charge is -1.87. The fourth-order valence-electron chi connectivity index (χ4n) is 0.209. The Morgan fingerprint density at radius 2 is 1.47 bits per heavy atom. The molecule has 0 rings (SSSR count). The molecule has 6 heteroatoms. The van der Waals surface area contributed by atoms with Crippen molar-refractivity contribution in [3.63, 3.8) is 0 Å². The third-order valence-corrected chi connectivity index (χ3v) is 1.30. The minimum absolute atomic E-state index is 0. The number of ether oxygens (including phenoxy) is 2. The average molecular weight is 268 g/mol. The molecule has 0 bridgehead atoms. The monoisotopic (exact) mass is 268 g/mol. The number of hydrogen-bond donors (Lipinski definition) is 1. The molecule has 0 saturated carbocycles. The number of aldehydes is 1. The number of carbonyl (C=O) groups excluding carboxylic acids is 3. The van der Waals surface area contributed by atoms with Gasteiger partial charge in [0.1, 0.15) is 6.29 Å². The van der Waals surface area contributed by atoms with Crippen LogP contribution < -0.4 is 0 Å². The molecule has 0 aliphatic rings. The van der Waals surface area contributed by atoms with Crippen LogP contribution in [0.2, 0.25) is 0 Å². The topological polar surface area (TPSA) is 69.7 Å². The number of methoxy groups -OCH3 is 2. The Balaban J connectivity index is -0.0000000741. The molecule has 0 aliphatic carbocycles. The highest BCUT2D eigenvalue weighted by atomic mass is 32.1. The van der Waals surface area contributed by atoms with Crippen LogP contribution in [0.3, 0.4) is 0 Å². The first-order valence-electron chi connectivity index (χ1n) is 4.71. The van der Waals surface area contributed by atoms with Crippen molar-refractivity contribution in [3.8, 4) is 0 Å². The van der Waals surface area contributed by atoms with E-state index >= 15 is 0 Å². The summed E-state index contributed by atoms with van der Waals surface area (Å²) in [5.74, 6) is -0.287. The summed E-state index contributed by atoms with van der Waals surface area (Å²) in [6.45, 7) is 3.57. The van der Waals surface area contributed by atoms with Crippen molar-refractivity contribution in [2.24, 2.45) is 0 Å². The predicted octanol–water partition coefficient (Wildman–Crippen LogP) is 1.89. The minimum Gasteiger partial charge on any atom is -0.469 e. The second-order valence-electron chi connectivity index (χ2n) is 2.24. The van der Waals surface area contributed by atoms with E-state index in [0.29, 0.717) is 12.8 Å². The number of thiol groups is 1. The van der Waals surface area contributed by atoms with Gasteiger partial charge < -0.3 is 14.3 Å². The molecule has 17 heavy (non-hydrogen) atoms. The van der Waals surface area contributed by atoms with E-state index in [2.05, 4.69) is 22.1 Å². The second kappa shape index (κ2) is 24.3. The smallest absolute Gasteiger partial charge is 0.315 e. The summed E-state index contributed by atoms with van der Waals surface area (Å²) in [5, 5.41) is 0. The lowest BCUT2D eigenvalue weighted by molar-refractivity contribution is -0.140. The van der Waals surface area contributed by atoms with Crippen LogP contribution in [0.5, 0.6) is 0 Å². The first-order chi connectivity index (χ1) is 7.53. The van der Waals surface area contributed by atoms with Crippen molar-refractivity contribution < 1.29 is 23.9 Å². The van der Waals surface area contributed by atoms with E-state index in [1.54, 1.807) is 6.92 Å². The quantitative estimate of drug-likeness (QED) is 0.481. The molecule has 0 saturated heterocycles. The average Bonchev–Trinajstić information content (AvgIpc) is 2.37. The first-order valence-corrected chi connectivity index (χ1v) is 5.35. The van der Waals surface area contributed by atoms with E-state index in [4.69, 9.17) is 0 Å². The molecular weight excluding hydrogens is 244 g/mol. The number of rotatable bonds is 3. The van der Waals surface area contributed by atoms with Gasteiger partial charge in [0.25, 0.3) is 0 Å². The number of carbonyl (C=O) groups is 3. The molecular formula is C11H24O5S. The standard InChI is InChI=1S/C4H8O2.C3H6O2S.C3H6O.CH4/c1-3-4(5)6-2;1-5-3(4)2-6;1-2-3-4;/h3H2,1-2H3;6H,2H2,1H3;3H,2H2,1H3;1H4. The van der Waals surface area contributed by atoms with Gasteiger partial charge >= 0.3 is 11.9 Å². The largest absolute Gasteiger partial charge is 0.469 e. The molecule has 0 N–H and O–H groups in total. The first kappa shape index (κ1) is 25.0. The third-order valence-electron chi connectivity index (χ3n) is 1.04. The third kappa shape index (κ3) is 39.7.